The maximum atomic E-state index is 3.81. The average Bonchev–Trinajstić information content (AvgIpc) is 3.54. The quantitative estimate of drug-likeness (QED) is 0.650. The molecule has 1 aromatic carbocycles. The molecule has 4 aliphatic heterocycles. The van der Waals surface area contributed by atoms with E-state index in [2.05, 4.69) is 69.1 Å². The molecule has 3 unspecified atom stereocenters. The zero-order valence-corrected chi connectivity index (χ0v) is 20.5. The molecule has 3 atom stereocenters. The summed E-state index contributed by atoms with van der Waals surface area (Å²) in [6.45, 7) is 14.1. The molecule has 0 amide bonds. The second-order valence-corrected chi connectivity index (χ2v) is 10.4. The topological polar surface area (TPSA) is 42.6 Å². The zero-order chi connectivity index (χ0) is 22.1. The van der Waals surface area contributed by atoms with Gasteiger partial charge in [0, 0.05) is 55.9 Å². The van der Waals surface area contributed by atoms with Crippen molar-refractivity contribution in [2.45, 2.75) is 39.3 Å². The molecular weight excluding hydrogens is 414 g/mol. The van der Waals surface area contributed by atoms with Crippen LogP contribution in [-0.2, 0) is 0 Å². The summed E-state index contributed by atoms with van der Waals surface area (Å²) in [5, 5.41) is 10.9. The predicted octanol–water partition coefficient (Wildman–Crippen LogP) is 4.29. The van der Waals surface area contributed by atoms with Gasteiger partial charge in [0.2, 0.25) is 0 Å². The van der Waals surface area contributed by atoms with Crippen molar-refractivity contribution in [3.8, 4) is 0 Å². The smallest absolute Gasteiger partial charge is 0.0736 e. The Morgan fingerprint density at radius 3 is 2.50 bits per heavy atom. The van der Waals surface area contributed by atoms with Crippen molar-refractivity contribution < 1.29 is 0 Å². The van der Waals surface area contributed by atoms with Crippen LogP contribution in [0, 0.1) is 12.8 Å². The van der Waals surface area contributed by atoms with E-state index >= 15 is 0 Å². The highest BCUT2D eigenvalue weighted by atomic mass is 32.1. The van der Waals surface area contributed by atoms with Crippen molar-refractivity contribution in [2.24, 2.45) is 5.92 Å². The van der Waals surface area contributed by atoms with Crippen molar-refractivity contribution >= 4 is 28.4 Å². The van der Waals surface area contributed by atoms with Crippen LogP contribution in [0.4, 0.5) is 11.4 Å². The Bertz CT molecular complexity index is 932. The first-order valence-electron chi connectivity index (χ1n) is 12.4. The van der Waals surface area contributed by atoms with Crippen molar-refractivity contribution in [3.63, 3.8) is 0 Å². The summed E-state index contributed by atoms with van der Waals surface area (Å²) in [6, 6.07) is 12.4. The molecule has 0 aliphatic carbocycles. The van der Waals surface area contributed by atoms with Gasteiger partial charge in [-0.25, -0.2) is 0 Å². The van der Waals surface area contributed by atoms with E-state index in [9.17, 15) is 0 Å². The second kappa shape index (κ2) is 9.46. The van der Waals surface area contributed by atoms with E-state index in [1.54, 1.807) is 0 Å². The summed E-state index contributed by atoms with van der Waals surface area (Å²) < 4.78 is 0. The molecule has 0 radical (unpaired) electrons. The van der Waals surface area contributed by atoms with Crippen LogP contribution in [0.2, 0.25) is 0 Å². The first-order chi connectivity index (χ1) is 15.7. The molecular formula is C26H37N5S. The van der Waals surface area contributed by atoms with Crippen LogP contribution in [0.15, 0.2) is 36.4 Å². The number of likely N-dealkylation sites (tertiary alicyclic amines) is 1. The summed E-state index contributed by atoms with van der Waals surface area (Å²) in [5.74, 6) is 0.807. The molecule has 4 aliphatic rings. The Hall–Kier alpha value is -2.02. The van der Waals surface area contributed by atoms with Gasteiger partial charge in [0.25, 0.3) is 0 Å². The number of nitrogens with one attached hydrogen (secondary N) is 3. The monoisotopic (exact) mass is 451 g/mol. The van der Waals surface area contributed by atoms with Gasteiger partial charge >= 0.3 is 0 Å². The predicted molar refractivity (Wildman–Crippen MR) is 138 cm³/mol. The van der Waals surface area contributed by atoms with Gasteiger partial charge in [0.05, 0.1) is 22.3 Å². The third kappa shape index (κ3) is 4.16. The van der Waals surface area contributed by atoms with Gasteiger partial charge in [-0.2, -0.15) is 0 Å². The number of hydrogen-bond acceptors (Lipinski definition) is 6. The SMILES string of the molecule is CC.Cc1cc2c(s1)C(N1CC3CCNC3C1)=CC(c1ccc(N3CCNCC3)cc1)N2. The van der Waals surface area contributed by atoms with Crippen LogP contribution in [0.3, 0.4) is 0 Å². The van der Waals surface area contributed by atoms with Gasteiger partial charge < -0.3 is 25.8 Å². The van der Waals surface area contributed by atoms with E-state index in [1.165, 1.54) is 51.9 Å². The highest BCUT2D eigenvalue weighted by Crippen LogP contribution is 2.44. The minimum Gasteiger partial charge on any atom is -0.373 e. The number of fused-ring (bicyclic) bond motifs is 2. The van der Waals surface area contributed by atoms with E-state index in [4.69, 9.17) is 0 Å². The van der Waals surface area contributed by atoms with E-state index < -0.39 is 0 Å². The van der Waals surface area contributed by atoms with Crippen LogP contribution in [-0.4, -0.2) is 56.8 Å². The molecule has 32 heavy (non-hydrogen) atoms. The lowest BCUT2D eigenvalue weighted by Gasteiger charge is -2.31. The van der Waals surface area contributed by atoms with Crippen LogP contribution < -0.4 is 20.9 Å². The molecule has 5 heterocycles. The third-order valence-electron chi connectivity index (χ3n) is 7.16. The van der Waals surface area contributed by atoms with Gasteiger partial charge in [-0.05, 0) is 55.6 Å². The number of benzene rings is 1. The van der Waals surface area contributed by atoms with Gasteiger partial charge in [0.1, 0.15) is 0 Å². The summed E-state index contributed by atoms with van der Waals surface area (Å²) in [5.41, 5.74) is 5.43. The summed E-state index contributed by atoms with van der Waals surface area (Å²) in [4.78, 5) is 7.91. The number of nitrogens with zero attached hydrogens (tertiary/aromatic N) is 2. The zero-order valence-electron chi connectivity index (χ0n) is 19.7. The minimum atomic E-state index is 0.229. The standard InChI is InChI=1S/C24H31N5S.C2H6/c1-16-12-21-24(30-16)23(29-14-18-6-7-26-22(18)15-29)13-20(27-21)17-2-4-19(5-3-17)28-10-8-25-9-11-28;1-2/h2-5,12-13,18,20,22,25-27H,6-11,14-15H2,1H3;1-2H3. The molecule has 1 aromatic heterocycles. The van der Waals surface area contributed by atoms with Gasteiger partial charge in [-0.3, -0.25) is 0 Å². The van der Waals surface area contributed by atoms with Crippen LogP contribution in [0.5, 0.6) is 0 Å². The Kier molecular flexibility index (Phi) is 6.44. The third-order valence-corrected chi connectivity index (χ3v) is 8.23. The van der Waals surface area contributed by atoms with Crippen molar-refractivity contribution in [2.75, 3.05) is 56.0 Å². The number of anilines is 2. The van der Waals surface area contributed by atoms with E-state index in [-0.39, 0.29) is 6.04 Å². The van der Waals surface area contributed by atoms with E-state index in [1.807, 2.05) is 25.2 Å². The molecule has 3 saturated heterocycles. The number of piperazine rings is 1. The molecule has 3 fully saturated rings. The molecule has 0 bridgehead atoms. The van der Waals surface area contributed by atoms with Crippen LogP contribution in [0.25, 0.3) is 5.70 Å². The lowest BCUT2D eigenvalue weighted by molar-refractivity contribution is 0.445. The fourth-order valence-corrected chi connectivity index (χ4v) is 6.57. The molecule has 5 nitrogen and oxygen atoms in total. The average molecular weight is 452 g/mol. The highest BCUT2D eigenvalue weighted by molar-refractivity contribution is 7.13. The number of thiophene rings is 1. The molecule has 0 saturated carbocycles. The summed E-state index contributed by atoms with van der Waals surface area (Å²) in [7, 11) is 0. The summed E-state index contributed by atoms with van der Waals surface area (Å²) >= 11 is 1.93. The molecule has 3 N–H and O–H groups in total. The fraction of sp³-hybridized carbons (Fsp3) is 0.538. The molecule has 2 aromatic rings. The molecule has 172 valence electrons. The number of hydrogen-bond donors (Lipinski definition) is 3. The van der Waals surface area contributed by atoms with E-state index in [0.717, 1.165) is 38.6 Å². The lowest BCUT2D eigenvalue weighted by Crippen LogP contribution is -2.43. The second-order valence-electron chi connectivity index (χ2n) is 9.12. The maximum absolute atomic E-state index is 3.81. The molecule has 6 rings (SSSR count). The Morgan fingerprint density at radius 1 is 0.969 bits per heavy atom. The van der Waals surface area contributed by atoms with Crippen molar-refractivity contribution in [1.29, 1.82) is 0 Å². The maximum Gasteiger partial charge on any atom is 0.0736 e. The van der Waals surface area contributed by atoms with E-state index in [0.29, 0.717) is 6.04 Å². The highest BCUT2D eigenvalue weighted by Gasteiger charge is 2.38. The number of aryl methyl sites for hydroxylation is 1. The Labute approximate surface area is 196 Å². The minimum absolute atomic E-state index is 0.229. The van der Waals surface area contributed by atoms with Crippen molar-refractivity contribution in [1.82, 2.24) is 15.5 Å². The normalized spacial score (nSPS) is 26.6. The first-order valence-corrected chi connectivity index (χ1v) is 13.2. The Balaban J connectivity index is 0.00000105. The molecule has 6 heteroatoms. The van der Waals surface area contributed by atoms with Crippen molar-refractivity contribution in [3.05, 3.63) is 51.7 Å². The largest absolute Gasteiger partial charge is 0.373 e. The number of rotatable bonds is 3. The Morgan fingerprint density at radius 2 is 1.75 bits per heavy atom. The molecule has 0 spiro atoms. The van der Waals surface area contributed by atoms with Crippen LogP contribution >= 0.6 is 11.3 Å². The van der Waals surface area contributed by atoms with Crippen LogP contribution in [0.1, 0.15) is 41.6 Å². The lowest BCUT2D eigenvalue weighted by atomic mass is 10.0. The first kappa shape index (κ1) is 21.8. The fourth-order valence-electron chi connectivity index (χ4n) is 5.54. The van der Waals surface area contributed by atoms with Gasteiger partial charge in [0.15, 0.2) is 0 Å². The van der Waals surface area contributed by atoms with Gasteiger partial charge in [-0.1, -0.05) is 26.0 Å². The van der Waals surface area contributed by atoms with Gasteiger partial charge in [-0.15, -0.1) is 11.3 Å². The summed E-state index contributed by atoms with van der Waals surface area (Å²) in [6.07, 6.45) is 3.79.